The number of aliphatic hydroxyl groups is 1. The fourth-order valence-corrected chi connectivity index (χ4v) is 2.98. The number of hydrogen-bond donors (Lipinski definition) is 4. The van der Waals surface area contributed by atoms with Gasteiger partial charge in [-0.05, 0) is 42.7 Å². The van der Waals surface area contributed by atoms with Crippen molar-refractivity contribution in [1.82, 2.24) is 10.8 Å². The first-order valence-corrected chi connectivity index (χ1v) is 9.54. The third-order valence-electron chi connectivity index (χ3n) is 4.53. The molecule has 4 N–H and O–H groups in total. The number of hydroxylamine groups is 1. The highest BCUT2D eigenvalue weighted by atomic mass is 16.5. The van der Waals surface area contributed by atoms with Gasteiger partial charge in [-0.3, -0.25) is 14.8 Å². The van der Waals surface area contributed by atoms with Crippen LogP contribution in [0, 0.1) is 17.8 Å². The third kappa shape index (κ3) is 7.33. The molecule has 0 unspecified atom stereocenters. The van der Waals surface area contributed by atoms with E-state index in [-0.39, 0.29) is 18.9 Å². The van der Waals surface area contributed by atoms with E-state index in [1.54, 1.807) is 36.9 Å². The standard InChI is InChI=1S/C23H26N2O5/c1-30-13-5-8-17-9-11-19(12-10-17)22(27)24-21(16-26)15-20(23(28)25-29)14-18-6-3-2-4-7-18/h2-4,6-7,9-12,20-21,26,29H,13-16H2,1H3,(H,24,27)(H,25,28)/t20-,21-/m0/s1. The average molecular weight is 410 g/mol. The zero-order valence-electron chi connectivity index (χ0n) is 16.8. The van der Waals surface area contributed by atoms with Gasteiger partial charge >= 0.3 is 0 Å². The Morgan fingerprint density at radius 2 is 1.80 bits per heavy atom. The highest BCUT2D eigenvalue weighted by Gasteiger charge is 2.24. The number of amides is 2. The van der Waals surface area contributed by atoms with Crippen molar-refractivity contribution in [3.63, 3.8) is 0 Å². The summed E-state index contributed by atoms with van der Waals surface area (Å²) in [6.45, 7) is -0.0116. The van der Waals surface area contributed by atoms with Crippen LogP contribution in [0.3, 0.4) is 0 Å². The molecule has 0 aromatic heterocycles. The number of carbonyl (C=O) groups is 2. The lowest BCUT2D eigenvalue weighted by molar-refractivity contribution is -0.133. The van der Waals surface area contributed by atoms with Crippen LogP contribution in [0.4, 0.5) is 0 Å². The predicted molar refractivity (Wildman–Crippen MR) is 112 cm³/mol. The molecule has 2 rings (SSSR count). The quantitative estimate of drug-likeness (QED) is 0.285. The molecule has 2 aromatic rings. The Hall–Kier alpha value is -3.18. The fraction of sp³-hybridized carbons (Fsp3) is 0.304. The van der Waals surface area contributed by atoms with E-state index in [1.807, 2.05) is 30.3 Å². The van der Waals surface area contributed by atoms with Gasteiger partial charge in [0.15, 0.2) is 0 Å². The highest BCUT2D eigenvalue weighted by molar-refractivity contribution is 5.94. The van der Waals surface area contributed by atoms with Gasteiger partial charge in [0, 0.05) is 24.2 Å². The van der Waals surface area contributed by atoms with Gasteiger partial charge in [0.25, 0.3) is 5.91 Å². The molecule has 30 heavy (non-hydrogen) atoms. The normalized spacial score (nSPS) is 12.2. The van der Waals surface area contributed by atoms with Crippen molar-refractivity contribution in [3.05, 3.63) is 71.3 Å². The number of hydrogen-bond acceptors (Lipinski definition) is 5. The zero-order chi connectivity index (χ0) is 21.8. The van der Waals surface area contributed by atoms with E-state index in [2.05, 4.69) is 17.2 Å². The van der Waals surface area contributed by atoms with Crippen molar-refractivity contribution < 1.29 is 24.6 Å². The summed E-state index contributed by atoms with van der Waals surface area (Å²) in [5, 5.41) is 21.5. The SMILES string of the molecule is COCC#Cc1ccc(C(=O)N[C@H](CO)C[C@H](Cc2ccccc2)C(=O)NO)cc1. The molecule has 0 bridgehead atoms. The molecular weight excluding hydrogens is 384 g/mol. The van der Waals surface area contributed by atoms with Crippen molar-refractivity contribution in [2.24, 2.45) is 5.92 Å². The van der Waals surface area contributed by atoms with E-state index in [0.29, 0.717) is 18.6 Å². The van der Waals surface area contributed by atoms with Crippen molar-refractivity contribution in [3.8, 4) is 11.8 Å². The minimum atomic E-state index is -0.648. The Morgan fingerprint density at radius 1 is 1.10 bits per heavy atom. The summed E-state index contributed by atoms with van der Waals surface area (Å²) < 4.78 is 4.87. The van der Waals surface area contributed by atoms with E-state index in [9.17, 15) is 14.7 Å². The summed E-state index contributed by atoms with van der Waals surface area (Å²) >= 11 is 0. The lowest BCUT2D eigenvalue weighted by atomic mass is 9.92. The van der Waals surface area contributed by atoms with E-state index < -0.39 is 17.9 Å². The molecule has 0 aliphatic rings. The van der Waals surface area contributed by atoms with Crippen molar-refractivity contribution in [2.45, 2.75) is 18.9 Å². The Balaban J connectivity index is 2.02. The maximum Gasteiger partial charge on any atom is 0.251 e. The number of nitrogens with one attached hydrogen (secondary N) is 2. The number of methoxy groups -OCH3 is 1. The summed E-state index contributed by atoms with van der Waals surface area (Å²) in [5.74, 6) is 4.20. The fourth-order valence-electron chi connectivity index (χ4n) is 2.98. The number of carbonyl (C=O) groups excluding carboxylic acids is 2. The van der Waals surface area contributed by atoms with Crippen molar-refractivity contribution >= 4 is 11.8 Å². The summed E-state index contributed by atoms with van der Waals surface area (Å²) in [5.41, 5.74) is 3.76. The van der Waals surface area contributed by atoms with E-state index in [0.717, 1.165) is 11.1 Å². The summed E-state index contributed by atoms with van der Waals surface area (Å²) in [6, 6.07) is 15.4. The topological polar surface area (TPSA) is 108 Å². The Kier molecular flexibility index (Phi) is 9.55. The van der Waals surface area contributed by atoms with Gasteiger partial charge < -0.3 is 15.2 Å². The van der Waals surface area contributed by atoms with Gasteiger partial charge in [0.1, 0.15) is 6.61 Å². The molecule has 0 fully saturated rings. The van der Waals surface area contributed by atoms with Crippen LogP contribution in [0.1, 0.15) is 27.9 Å². The molecule has 7 heteroatoms. The Labute approximate surface area is 176 Å². The molecular formula is C23H26N2O5. The minimum absolute atomic E-state index is 0.171. The number of benzene rings is 2. The van der Waals surface area contributed by atoms with Gasteiger partial charge in [0.2, 0.25) is 5.91 Å². The Bertz CT molecular complexity index is 872. The second kappa shape index (κ2) is 12.4. The minimum Gasteiger partial charge on any atom is -0.394 e. The summed E-state index contributed by atoms with van der Waals surface area (Å²) in [7, 11) is 1.56. The van der Waals surface area contributed by atoms with Crippen LogP contribution in [0.15, 0.2) is 54.6 Å². The number of aliphatic hydroxyl groups excluding tert-OH is 1. The largest absolute Gasteiger partial charge is 0.394 e. The van der Waals surface area contributed by atoms with Crippen molar-refractivity contribution in [1.29, 1.82) is 0 Å². The number of ether oxygens (including phenoxy) is 1. The van der Waals surface area contributed by atoms with Gasteiger partial charge in [-0.25, -0.2) is 5.48 Å². The molecule has 0 heterocycles. The van der Waals surface area contributed by atoms with Crippen LogP contribution in [0.5, 0.6) is 0 Å². The van der Waals surface area contributed by atoms with Crippen LogP contribution >= 0.6 is 0 Å². The van der Waals surface area contributed by atoms with Crippen LogP contribution < -0.4 is 10.8 Å². The molecule has 7 nitrogen and oxygen atoms in total. The molecule has 0 aliphatic heterocycles. The molecule has 158 valence electrons. The van der Waals surface area contributed by atoms with Gasteiger partial charge in [-0.15, -0.1) is 0 Å². The second-order valence-electron chi connectivity index (χ2n) is 6.76. The lowest BCUT2D eigenvalue weighted by Crippen LogP contribution is -2.42. The first-order valence-electron chi connectivity index (χ1n) is 9.54. The zero-order valence-corrected chi connectivity index (χ0v) is 16.8. The van der Waals surface area contributed by atoms with Crippen LogP contribution in [0.2, 0.25) is 0 Å². The van der Waals surface area contributed by atoms with Gasteiger partial charge in [0.05, 0.1) is 12.6 Å². The van der Waals surface area contributed by atoms with Gasteiger partial charge in [-0.2, -0.15) is 0 Å². The maximum atomic E-state index is 12.5. The predicted octanol–water partition coefficient (Wildman–Crippen LogP) is 1.53. The second-order valence-corrected chi connectivity index (χ2v) is 6.76. The first-order chi connectivity index (χ1) is 14.6. The van der Waals surface area contributed by atoms with E-state index >= 15 is 0 Å². The molecule has 0 radical (unpaired) electrons. The molecule has 0 aliphatic carbocycles. The maximum absolute atomic E-state index is 12.5. The molecule has 2 amide bonds. The molecule has 0 saturated carbocycles. The Morgan fingerprint density at radius 3 is 2.40 bits per heavy atom. The van der Waals surface area contributed by atoms with Crippen LogP contribution in [-0.2, 0) is 16.0 Å². The summed E-state index contributed by atoms with van der Waals surface area (Å²) in [6.07, 6.45) is 0.540. The van der Waals surface area contributed by atoms with E-state index in [4.69, 9.17) is 9.94 Å². The molecule has 0 saturated heterocycles. The van der Waals surface area contributed by atoms with E-state index in [1.165, 1.54) is 0 Å². The molecule has 2 aromatic carbocycles. The smallest absolute Gasteiger partial charge is 0.251 e. The van der Waals surface area contributed by atoms with Crippen LogP contribution in [-0.4, -0.2) is 48.5 Å². The average Bonchev–Trinajstić information content (AvgIpc) is 2.78. The third-order valence-corrected chi connectivity index (χ3v) is 4.53. The first kappa shape index (κ1) is 23.1. The van der Waals surface area contributed by atoms with Crippen LogP contribution in [0.25, 0.3) is 0 Å². The van der Waals surface area contributed by atoms with Gasteiger partial charge in [-0.1, -0.05) is 42.2 Å². The van der Waals surface area contributed by atoms with Crippen molar-refractivity contribution in [2.75, 3.05) is 20.3 Å². The highest BCUT2D eigenvalue weighted by Crippen LogP contribution is 2.15. The lowest BCUT2D eigenvalue weighted by Gasteiger charge is -2.22. The molecule has 0 spiro atoms. The summed E-state index contributed by atoms with van der Waals surface area (Å²) in [4.78, 5) is 24.6. The number of rotatable bonds is 9. The monoisotopic (exact) mass is 410 g/mol. The molecule has 2 atom stereocenters.